The van der Waals surface area contributed by atoms with Crippen LogP contribution in [0.1, 0.15) is 60.3 Å². The minimum absolute atomic E-state index is 0.0628. The molecule has 1 aliphatic heterocycles. The molecule has 1 unspecified atom stereocenters. The van der Waals surface area contributed by atoms with Crippen molar-refractivity contribution in [3.63, 3.8) is 0 Å². The molecule has 0 aromatic heterocycles. The van der Waals surface area contributed by atoms with Crippen molar-refractivity contribution in [2.45, 2.75) is 72.0 Å². The molecule has 0 radical (unpaired) electrons. The smallest absolute Gasteiger partial charge is 0.0737 e. The number of aliphatic hydroxyl groups is 1. The number of ether oxygens (including phenoxy) is 1. The number of aliphatic hydroxyl groups excluding tert-OH is 1. The molecule has 0 bridgehead atoms. The van der Waals surface area contributed by atoms with Gasteiger partial charge in [-0.05, 0) is 49.4 Å². The lowest BCUT2D eigenvalue weighted by molar-refractivity contribution is -0.139. The van der Waals surface area contributed by atoms with Crippen molar-refractivity contribution in [2.24, 2.45) is 16.7 Å². The largest absolute Gasteiger partial charge is 0.393 e. The number of rotatable bonds is 1. The normalized spacial score (nSPS) is 47.3. The fraction of sp³-hybridized carbons (Fsp3) is 1.00. The number of hydrogen-bond donors (Lipinski definition) is 1. The lowest BCUT2D eigenvalue weighted by Gasteiger charge is -2.53. The molecular weight excluding hydrogens is 212 g/mol. The molecule has 2 fully saturated rings. The second-order valence-electron chi connectivity index (χ2n) is 7.26. The molecule has 2 heteroatoms. The summed E-state index contributed by atoms with van der Waals surface area (Å²) in [6.07, 6.45) is 4.23. The van der Waals surface area contributed by atoms with Gasteiger partial charge in [-0.1, -0.05) is 27.7 Å². The van der Waals surface area contributed by atoms with E-state index in [1.165, 1.54) is 6.42 Å². The lowest BCUT2D eigenvalue weighted by atomic mass is 9.56. The van der Waals surface area contributed by atoms with E-state index in [0.717, 1.165) is 25.9 Å². The van der Waals surface area contributed by atoms with Crippen molar-refractivity contribution < 1.29 is 9.84 Å². The van der Waals surface area contributed by atoms with Crippen molar-refractivity contribution in [3.05, 3.63) is 0 Å². The van der Waals surface area contributed by atoms with Gasteiger partial charge in [0, 0.05) is 6.61 Å². The maximum atomic E-state index is 10.0. The third kappa shape index (κ3) is 1.84. The van der Waals surface area contributed by atoms with E-state index in [1.54, 1.807) is 0 Å². The van der Waals surface area contributed by atoms with Gasteiger partial charge >= 0.3 is 0 Å². The van der Waals surface area contributed by atoms with Gasteiger partial charge in [-0.2, -0.15) is 0 Å². The molecule has 17 heavy (non-hydrogen) atoms. The zero-order valence-electron chi connectivity index (χ0n) is 12.0. The quantitative estimate of drug-likeness (QED) is 0.761. The summed E-state index contributed by atoms with van der Waals surface area (Å²) >= 11 is 0. The van der Waals surface area contributed by atoms with Crippen molar-refractivity contribution >= 4 is 0 Å². The minimum Gasteiger partial charge on any atom is -0.393 e. The second kappa shape index (κ2) is 3.96. The average molecular weight is 240 g/mol. The minimum atomic E-state index is -0.223. The zero-order chi connectivity index (χ0) is 12.9. The third-order valence-electron chi connectivity index (χ3n) is 6.12. The molecule has 100 valence electrons. The Hall–Kier alpha value is -0.0800. The Morgan fingerprint density at radius 2 is 1.82 bits per heavy atom. The molecule has 1 heterocycles. The first kappa shape index (κ1) is 13.4. The first-order valence-electron chi connectivity index (χ1n) is 7.06. The van der Waals surface area contributed by atoms with Crippen LogP contribution in [0.25, 0.3) is 0 Å². The van der Waals surface area contributed by atoms with Crippen molar-refractivity contribution in [1.82, 2.24) is 0 Å². The van der Waals surface area contributed by atoms with Gasteiger partial charge in [0.25, 0.3) is 0 Å². The Balaban J connectivity index is 2.20. The maximum Gasteiger partial charge on any atom is 0.0737 e. The van der Waals surface area contributed by atoms with Gasteiger partial charge in [0.1, 0.15) is 0 Å². The molecule has 1 spiro atoms. The van der Waals surface area contributed by atoms with E-state index in [2.05, 4.69) is 27.7 Å². The third-order valence-corrected chi connectivity index (χ3v) is 6.12. The van der Waals surface area contributed by atoms with Gasteiger partial charge in [-0.15, -0.1) is 0 Å². The summed E-state index contributed by atoms with van der Waals surface area (Å²) in [5, 5.41) is 10.0. The van der Waals surface area contributed by atoms with E-state index < -0.39 is 0 Å². The Kier molecular flexibility index (Phi) is 3.11. The first-order valence-corrected chi connectivity index (χ1v) is 7.06. The van der Waals surface area contributed by atoms with Gasteiger partial charge in [0.2, 0.25) is 0 Å². The van der Waals surface area contributed by atoms with Crippen LogP contribution in [0.4, 0.5) is 0 Å². The van der Waals surface area contributed by atoms with Crippen LogP contribution in [0.2, 0.25) is 0 Å². The molecular formula is C15H28O2. The Bertz CT molecular complexity index is 297. The van der Waals surface area contributed by atoms with Gasteiger partial charge in [-0.25, -0.2) is 0 Å². The molecule has 2 nitrogen and oxygen atoms in total. The zero-order valence-corrected chi connectivity index (χ0v) is 12.0. The maximum absolute atomic E-state index is 10.0. The molecule has 2 aliphatic rings. The highest BCUT2D eigenvalue weighted by Crippen LogP contribution is 2.57. The molecule has 0 amide bonds. The van der Waals surface area contributed by atoms with Crippen molar-refractivity contribution in [1.29, 1.82) is 0 Å². The highest BCUT2D eigenvalue weighted by Gasteiger charge is 2.56. The van der Waals surface area contributed by atoms with Crippen LogP contribution >= 0.6 is 0 Å². The SMILES string of the molecule is CC(O)[C@@]1(C)CC[C@]2(C[C@@H]1C)OCCC2(C)C. The Morgan fingerprint density at radius 3 is 2.24 bits per heavy atom. The average Bonchev–Trinajstić information content (AvgIpc) is 2.49. The predicted octanol–water partition coefficient (Wildman–Crippen LogP) is 3.38. The monoisotopic (exact) mass is 240 g/mol. The van der Waals surface area contributed by atoms with E-state index in [4.69, 9.17) is 4.74 Å². The van der Waals surface area contributed by atoms with E-state index in [1.807, 2.05) is 6.92 Å². The fourth-order valence-electron chi connectivity index (χ4n) is 3.84. The second-order valence-corrected chi connectivity index (χ2v) is 7.26. The van der Waals surface area contributed by atoms with Gasteiger partial charge in [-0.3, -0.25) is 0 Å². The van der Waals surface area contributed by atoms with Gasteiger partial charge in [0.05, 0.1) is 11.7 Å². The molecule has 4 atom stereocenters. The summed E-state index contributed by atoms with van der Waals surface area (Å²) in [6.45, 7) is 12.1. The summed E-state index contributed by atoms with van der Waals surface area (Å²) in [5.74, 6) is 0.522. The molecule has 1 N–H and O–H groups in total. The summed E-state index contributed by atoms with van der Waals surface area (Å²) in [6, 6.07) is 0. The molecule has 2 rings (SSSR count). The van der Waals surface area contributed by atoms with Gasteiger partial charge in [0.15, 0.2) is 0 Å². The molecule has 0 aromatic rings. The summed E-state index contributed by atoms with van der Waals surface area (Å²) in [7, 11) is 0. The van der Waals surface area contributed by atoms with E-state index in [9.17, 15) is 5.11 Å². The molecule has 1 aliphatic carbocycles. The Morgan fingerprint density at radius 1 is 1.18 bits per heavy atom. The fourth-order valence-corrected chi connectivity index (χ4v) is 3.84. The summed E-state index contributed by atoms with van der Waals surface area (Å²) in [5.41, 5.74) is 0.426. The summed E-state index contributed by atoms with van der Waals surface area (Å²) < 4.78 is 6.16. The van der Waals surface area contributed by atoms with Crippen LogP contribution in [-0.4, -0.2) is 23.4 Å². The molecule has 1 saturated carbocycles. The van der Waals surface area contributed by atoms with E-state index in [-0.39, 0.29) is 17.1 Å². The standard InChI is InChI=1S/C15H28O2/c1-11-10-15(13(3,4)8-9-17-15)7-6-14(11,5)12(2)16/h11-12,16H,6-10H2,1-5H3/t11-,12?,14-,15+/m0/s1. The van der Waals surface area contributed by atoms with Crippen LogP contribution in [-0.2, 0) is 4.74 Å². The number of hydrogen-bond acceptors (Lipinski definition) is 2. The van der Waals surface area contributed by atoms with Crippen LogP contribution < -0.4 is 0 Å². The summed E-state index contributed by atoms with van der Waals surface area (Å²) in [4.78, 5) is 0. The van der Waals surface area contributed by atoms with Crippen LogP contribution in [0.5, 0.6) is 0 Å². The van der Waals surface area contributed by atoms with Crippen LogP contribution in [0, 0.1) is 16.7 Å². The Labute approximate surface area is 106 Å². The highest BCUT2D eigenvalue weighted by molar-refractivity contribution is 5.06. The van der Waals surface area contributed by atoms with Crippen molar-refractivity contribution in [3.8, 4) is 0 Å². The van der Waals surface area contributed by atoms with E-state index in [0.29, 0.717) is 11.3 Å². The van der Waals surface area contributed by atoms with Crippen LogP contribution in [0.3, 0.4) is 0 Å². The van der Waals surface area contributed by atoms with Gasteiger partial charge < -0.3 is 9.84 Å². The van der Waals surface area contributed by atoms with Crippen molar-refractivity contribution in [2.75, 3.05) is 6.61 Å². The first-order chi connectivity index (χ1) is 7.74. The van der Waals surface area contributed by atoms with E-state index >= 15 is 0 Å². The highest BCUT2D eigenvalue weighted by atomic mass is 16.5. The van der Waals surface area contributed by atoms with Crippen LogP contribution in [0.15, 0.2) is 0 Å². The molecule has 1 saturated heterocycles. The topological polar surface area (TPSA) is 29.5 Å². The molecule has 0 aromatic carbocycles. The predicted molar refractivity (Wildman–Crippen MR) is 69.9 cm³/mol. The lowest BCUT2D eigenvalue weighted by Crippen LogP contribution is -2.52.